The lowest BCUT2D eigenvalue weighted by Crippen LogP contribution is -2.59. The van der Waals surface area contributed by atoms with E-state index in [9.17, 15) is 18.5 Å². The molecule has 0 aromatic heterocycles. The van der Waals surface area contributed by atoms with Crippen molar-refractivity contribution in [2.24, 2.45) is 0 Å². The van der Waals surface area contributed by atoms with Crippen LogP contribution >= 0.6 is 38.9 Å². The van der Waals surface area contributed by atoms with Gasteiger partial charge < -0.3 is 48.9 Å². The fourth-order valence-corrected chi connectivity index (χ4v) is 6.52. The summed E-state index contributed by atoms with van der Waals surface area (Å²) in [6, 6.07) is 0. The minimum Gasteiger partial charge on any atom is -0.366 e. The second-order valence-corrected chi connectivity index (χ2v) is 19.5. The number of carbonyl (C=O) groups is 1. The van der Waals surface area contributed by atoms with E-state index >= 15 is 0 Å². The summed E-state index contributed by atoms with van der Waals surface area (Å²) < 4.78 is 49.5. The van der Waals surface area contributed by atoms with Gasteiger partial charge in [0.15, 0.2) is 0 Å². The normalized spacial score (nSPS) is 14.3. The summed E-state index contributed by atoms with van der Waals surface area (Å²) in [4.78, 5) is 68.1. The average molecular weight is 821 g/mol. The van der Waals surface area contributed by atoms with Gasteiger partial charge in [-0.05, 0) is 12.8 Å². The molecule has 0 aromatic carbocycles. The number of unbranched alkanes of at least 4 members (excludes halogenated alkanes) is 15. The number of halogens is 1. The van der Waals surface area contributed by atoms with Crippen LogP contribution in [-0.4, -0.2) is 103 Å². The third-order valence-corrected chi connectivity index (χ3v) is 9.87. The molecule has 0 rings (SSSR count). The zero-order valence-electron chi connectivity index (χ0n) is 28.9. The molecule has 0 aliphatic rings. The summed E-state index contributed by atoms with van der Waals surface area (Å²) in [5.41, 5.74) is -1.78. The van der Waals surface area contributed by atoms with Gasteiger partial charge in [-0.15, -0.1) is 0 Å². The van der Waals surface area contributed by atoms with Crippen molar-refractivity contribution in [1.82, 2.24) is 5.32 Å². The van der Waals surface area contributed by atoms with E-state index < -0.39 is 73.1 Å². The highest BCUT2D eigenvalue weighted by Gasteiger charge is 2.36. The van der Waals surface area contributed by atoms with Crippen molar-refractivity contribution in [2.45, 2.75) is 122 Å². The zero-order valence-corrected chi connectivity index (χ0v) is 33.2. The summed E-state index contributed by atoms with van der Waals surface area (Å²) in [5, 5.41) is 2.58. The molecule has 0 aliphatic carbocycles. The molecule has 0 heterocycles. The standard InChI is InChI=1S/C29H62BrN2O13P3/c1-3-4-5-6-7-8-9-10-11-12-13-14-15-16-17-18-20-32(2,30)21-19-28(33)31-29(22-43-25-46(34,35)36,23-44-26-47(37,38)39)24-45-27-48(40,41)42/h3-27H2,1-2H3,(H6-,31,33,34,35,36,37,38,39,40,41,42)/p+1. The first-order valence-electron chi connectivity index (χ1n) is 17.0. The van der Waals surface area contributed by atoms with E-state index in [4.69, 9.17) is 43.6 Å². The summed E-state index contributed by atoms with van der Waals surface area (Å²) >= 11 is 3.65. The number of quaternary nitrogens is 1. The van der Waals surface area contributed by atoms with Crippen LogP contribution in [0.4, 0.5) is 0 Å². The molecule has 1 amide bonds. The maximum Gasteiger partial charge on any atom is 0.350 e. The van der Waals surface area contributed by atoms with E-state index in [-0.39, 0.29) is 6.42 Å². The van der Waals surface area contributed by atoms with Crippen LogP contribution in [0.1, 0.15) is 116 Å². The molecule has 15 nitrogen and oxygen atoms in total. The predicted octanol–water partition coefficient (Wildman–Crippen LogP) is 5.70. The molecule has 0 saturated heterocycles. The Hall–Kier alpha value is 0.240. The number of hydrogen-bond acceptors (Lipinski definition) is 7. The lowest BCUT2D eigenvalue weighted by Gasteiger charge is -2.34. The van der Waals surface area contributed by atoms with Crippen LogP contribution in [0.3, 0.4) is 0 Å². The van der Waals surface area contributed by atoms with Crippen LogP contribution in [-0.2, 0) is 32.7 Å². The minimum absolute atomic E-state index is 0.0299. The topological polar surface area (TPSA) is 229 Å². The van der Waals surface area contributed by atoms with E-state index in [0.29, 0.717) is 10.1 Å². The van der Waals surface area contributed by atoms with Crippen molar-refractivity contribution in [1.29, 1.82) is 0 Å². The fraction of sp³-hybridized carbons (Fsp3) is 0.966. The predicted molar refractivity (Wildman–Crippen MR) is 188 cm³/mol. The van der Waals surface area contributed by atoms with Gasteiger partial charge in [-0.2, -0.15) is 0 Å². The Morgan fingerprint density at radius 1 is 0.604 bits per heavy atom. The van der Waals surface area contributed by atoms with E-state index in [1.54, 1.807) is 0 Å². The third kappa shape index (κ3) is 32.2. The van der Waals surface area contributed by atoms with Gasteiger partial charge in [-0.3, -0.25) is 22.0 Å². The molecule has 0 spiro atoms. The van der Waals surface area contributed by atoms with Crippen LogP contribution in [0.15, 0.2) is 0 Å². The van der Waals surface area contributed by atoms with Gasteiger partial charge >= 0.3 is 22.8 Å². The quantitative estimate of drug-likeness (QED) is 0.0240. The van der Waals surface area contributed by atoms with Crippen LogP contribution in [0, 0.1) is 0 Å². The van der Waals surface area contributed by atoms with Crippen molar-refractivity contribution < 1.29 is 65.6 Å². The maximum absolute atomic E-state index is 13.0. The molecule has 0 saturated carbocycles. The second kappa shape index (κ2) is 26.1. The second-order valence-electron chi connectivity index (χ2n) is 13.0. The van der Waals surface area contributed by atoms with E-state index in [0.717, 1.165) is 25.8 Å². The Labute approximate surface area is 295 Å². The van der Waals surface area contributed by atoms with Crippen molar-refractivity contribution in [3.63, 3.8) is 0 Å². The number of ether oxygens (including phenoxy) is 3. The molecular formula is C29H63BrN2O13P3+. The molecule has 1 unspecified atom stereocenters. The number of hydrogen-bond donors (Lipinski definition) is 7. The number of amides is 1. The van der Waals surface area contributed by atoms with E-state index in [1.807, 2.05) is 7.05 Å². The number of carbonyl (C=O) groups excluding carboxylic acids is 1. The largest absolute Gasteiger partial charge is 0.366 e. The Balaban J connectivity index is 4.69. The van der Waals surface area contributed by atoms with Gasteiger partial charge in [0.05, 0.1) is 46.4 Å². The number of nitrogens with one attached hydrogen (secondary N) is 1. The highest BCUT2D eigenvalue weighted by molar-refractivity contribution is 9.05. The van der Waals surface area contributed by atoms with Gasteiger partial charge in [0, 0.05) is 0 Å². The molecule has 288 valence electrons. The molecule has 0 aromatic rings. The Morgan fingerprint density at radius 2 is 0.917 bits per heavy atom. The summed E-state index contributed by atoms with van der Waals surface area (Å²) in [7, 11) is -12.0. The molecule has 48 heavy (non-hydrogen) atoms. The Kier molecular flexibility index (Phi) is 26.2. The van der Waals surface area contributed by atoms with Crippen LogP contribution in [0.25, 0.3) is 0 Å². The van der Waals surface area contributed by atoms with Gasteiger partial charge in [-0.1, -0.05) is 96.8 Å². The van der Waals surface area contributed by atoms with E-state index in [1.165, 1.54) is 83.5 Å². The average Bonchev–Trinajstić information content (AvgIpc) is 2.94. The first kappa shape index (κ1) is 48.2. The lowest BCUT2D eigenvalue weighted by molar-refractivity contribution is -0.757. The summed E-state index contributed by atoms with van der Waals surface area (Å²) in [6.07, 6.45) is 17.2. The van der Waals surface area contributed by atoms with Crippen molar-refractivity contribution in [3.05, 3.63) is 0 Å². The zero-order chi connectivity index (χ0) is 36.6. The maximum atomic E-state index is 13.0. The summed E-state index contributed by atoms with van der Waals surface area (Å²) in [5.74, 6) is -0.565. The molecule has 0 aliphatic heterocycles. The molecule has 19 heteroatoms. The number of nitrogens with zero attached hydrogens (tertiary/aromatic N) is 1. The summed E-state index contributed by atoms with van der Waals surface area (Å²) in [6.45, 7) is 1.42. The smallest absolute Gasteiger partial charge is 0.350 e. The molecule has 0 fully saturated rings. The highest BCUT2D eigenvalue weighted by atomic mass is 79.9. The lowest BCUT2D eigenvalue weighted by atomic mass is 10.0. The van der Waals surface area contributed by atoms with Crippen LogP contribution in [0.5, 0.6) is 0 Å². The van der Waals surface area contributed by atoms with Crippen molar-refractivity contribution in [3.8, 4) is 0 Å². The van der Waals surface area contributed by atoms with Gasteiger partial charge in [-0.25, -0.2) is 0 Å². The third-order valence-electron chi connectivity index (χ3n) is 7.60. The fourth-order valence-electron chi connectivity index (χ4n) is 5.11. The van der Waals surface area contributed by atoms with Crippen molar-refractivity contribution in [2.75, 3.05) is 59.0 Å². The van der Waals surface area contributed by atoms with Crippen LogP contribution < -0.4 is 5.32 Å². The van der Waals surface area contributed by atoms with E-state index in [2.05, 4.69) is 28.4 Å². The molecule has 7 N–H and O–H groups in total. The number of rotatable bonds is 33. The first-order valence-corrected chi connectivity index (χ1v) is 23.1. The first-order chi connectivity index (χ1) is 22.3. The Bertz CT molecular complexity index is 922. The highest BCUT2D eigenvalue weighted by Crippen LogP contribution is 2.37. The van der Waals surface area contributed by atoms with Gasteiger partial charge in [0.1, 0.15) is 24.6 Å². The minimum atomic E-state index is -4.63. The Morgan fingerprint density at radius 3 is 1.23 bits per heavy atom. The SMILES string of the molecule is CCCCCCCCCCCCCCCCCC[N+](C)(Br)CCC(=O)NC(COCP(=O)(O)O)(COCP(=O)(O)O)COCP(=O)(O)O. The van der Waals surface area contributed by atoms with Gasteiger partial charge in [0.25, 0.3) is 0 Å². The molecular weight excluding hydrogens is 757 g/mol. The molecule has 1 atom stereocenters. The van der Waals surface area contributed by atoms with Crippen molar-refractivity contribution >= 4 is 44.8 Å². The monoisotopic (exact) mass is 819 g/mol. The molecule has 0 bridgehead atoms. The van der Waals surface area contributed by atoms with Crippen LogP contribution in [0.2, 0.25) is 0 Å². The molecule has 0 radical (unpaired) electrons. The van der Waals surface area contributed by atoms with Gasteiger partial charge in [0.2, 0.25) is 22.1 Å².